The molecule has 1 aromatic heterocycles. The van der Waals surface area contributed by atoms with Crippen LogP contribution in [0, 0.1) is 5.41 Å². The standard InChI is InChI=1S/C21H30N4O5/c1-21(2,3)18(22-20(28)29)15-12-23(8-9-30-15)10-14-11-24-16(26)6-4-13-5-7-17(27)25(14)19(13)24/h5,7,14-15,18,22H,4,6,8-12H2,1-3H3,(H,28,29)/t14-,15+,18?/m1/s1. The van der Waals surface area contributed by atoms with Crippen molar-refractivity contribution in [2.75, 3.05) is 37.7 Å². The van der Waals surface area contributed by atoms with E-state index in [0.29, 0.717) is 45.6 Å². The number of carbonyl (C=O) groups excluding carboxylic acids is 1. The number of anilines is 1. The molecule has 30 heavy (non-hydrogen) atoms. The molecule has 1 aromatic rings. The van der Waals surface area contributed by atoms with E-state index in [1.165, 1.54) is 0 Å². The number of amides is 2. The number of nitrogens with one attached hydrogen (secondary N) is 1. The Balaban J connectivity index is 1.53. The first kappa shape index (κ1) is 20.9. The number of carboxylic acid groups (broad SMARTS) is 1. The van der Waals surface area contributed by atoms with Gasteiger partial charge < -0.3 is 15.2 Å². The van der Waals surface area contributed by atoms with Gasteiger partial charge in [0, 0.05) is 38.7 Å². The first-order chi connectivity index (χ1) is 14.1. The lowest BCUT2D eigenvalue weighted by Crippen LogP contribution is -2.58. The van der Waals surface area contributed by atoms with Gasteiger partial charge in [0.25, 0.3) is 5.56 Å². The van der Waals surface area contributed by atoms with Gasteiger partial charge in [-0.1, -0.05) is 20.8 Å². The van der Waals surface area contributed by atoms with Gasteiger partial charge in [-0.2, -0.15) is 0 Å². The van der Waals surface area contributed by atoms with Gasteiger partial charge in [0.05, 0.1) is 24.8 Å². The number of carbonyl (C=O) groups is 2. The van der Waals surface area contributed by atoms with Crippen molar-refractivity contribution in [1.82, 2.24) is 14.8 Å². The number of aryl methyl sites for hydroxylation is 1. The summed E-state index contributed by atoms with van der Waals surface area (Å²) in [5, 5.41) is 11.9. The molecule has 0 aromatic carbocycles. The molecule has 2 amide bonds. The van der Waals surface area contributed by atoms with E-state index < -0.39 is 6.09 Å². The van der Waals surface area contributed by atoms with Crippen LogP contribution < -0.4 is 15.8 Å². The van der Waals surface area contributed by atoms with E-state index in [2.05, 4.69) is 10.2 Å². The monoisotopic (exact) mass is 418 g/mol. The fourth-order valence-electron chi connectivity index (χ4n) is 4.95. The molecule has 4 rings (SSSR count). The van der Waals surface area contributed by atoms with Gasteiger partial charge in [-0.15, -0.1) is 0 Å². The minimum absolute atomic E-state index is 0.0719. The maximum absolute atomic E-state index is 12.6. The first-order valence-electron chi connectivity index (χ1n) is 10.5. The minimum Gasteiger partial charge on any atom is -0.465 e. The first-order valence-corrected chi connectivity index (χ1v) is 10.5. The van der Waals surface area contributed by atoms with Crippen molar-refractivity contribution in [3.63, 3.8) is 0 Å². The third-order valence-electron chi connectivity index (χ3n) is 6.33. The Morgan fingerprint density at radius 1 is 1.27 bits per heavy atom. The molecule has 3 aliphatic rings. The highest BCUT2D eigenvalue weighted by molar-refractivity contribution is 5.96. The summed E-state index contributed by atoms with van der Waals surface area (Å²) in [5.41, 5.74) is 0.663. The number of hydrogen-bond acceptors (Lipinski definition) is 5. The van der Waals surface area contributed by atoms with Crippen LogP contribution in [0.4, 0.5) is 10.6 Å². The van der Waals surface area contributed by atoms with E-state index in [-0.39, 0.29) is 35.1 Å². The molecule has 1 unspecified atom stereocenters. The van der Waals surface area contributed by atoms with Crippen LogP contribution in [-0.4, -0.2) is 71.5 Å². The predicted molar refractivity (Wildman–Crippen MR) is 111 cm³/mol. The fraction of sp³-hybridized carbons (Fsp3) is 0.667. The van der Waals surface area contributed by atoms with Gasteiger partial charge in [0.1, 0.15) is 5.82 Å². The number of morpholine rings is 1. The Kier molecular flexibility index (Phi) is 5.36. The van der Waals surface area contributed by atoms with Crippen molar-refractivity contribution in [1.29, 1.82) is 0 Å². The molecule has 4 heterocycles. The van der Waals surface area contributed by atoms with Crippen molar-refractivity contribution >= 4 is 17.8 Å². The van der Waals surface area contributed by atoms with Crippen LogP contribution in [-0.2, 0) is 16.0 Å². The molecule has 3 aliphatic heterocycles. The molecule has 1 fully saturated rings. The normalized spacial score (nSPS) is 25.2. The molecule has 3 atom stereocenters. The summed E-state index contributed by atoms with van der Waals surface area (Å²) in [5.74, 6) is 0.830. The Morgan fingerprint density at radius 3 is 2.73 bits per heavy atom. The summed E-state index contributed by atoms with van der Waals surface area (Å²) in [6.45, 7) is 8.85. The highest BCUT2D eigenvalue weighted by Crippen LogP contribution is 2.35. The van der Waals surface area contributed by atoms with Gasteiger partial charge in [-0.25, -0.2) is 4.79 Å². The van der Waals surface area contributed by atoms with Crippen LogP contribution >= 0.6 is 0 Å². The Bertz CT molecular complexity index is 906. The quantitative estimate of drug-likeness (QED) is 0.758. The smallest absolute Gasteiger partial charge is 0.404 e. The van der Waals surface area contributed by atoms with Crippen LogP contribution in [0.25, 0.3) is 0 Å². The third kappa shape index (κ3) is 3.83. The average Bonchev–Trinajstić information content (AvgIpc) is 3.05. The highest BCUT2D eigenvalue weighted by atomic mass is 16.5. The molecule has 9 heteroatoms. The summed E-state index contributed by atoms with van der Waals surface area (Å²) in [4.78, 5) is 40.4. The van der Waals surface area contributed by atoms with E-state index in [0.717, 1.165) is 11.4 Å². The van der Waals surface area contributed by atoms with Crippen molar-refractivity contribution in [2.45, 2.75) is 51.8 Å². The molecular formula is C21H30N4O5. The van der Waals surface area contributed by atoms with E-state index in [4.69, 9.17) is 4.74 Å². The van der Waals surface area contributed by atoms with Crippen molar-refractivity contribution in [3.05, 3.63) is 28.0 Å². The third-order valence-corrected chi connectivity index (χ3v) is 6.33. The number of pyridine rings is 1. The van der Waals surface area contributed by atoms with Gasteiger partial charge in [-0.05, 0) is 23.5 Å². The van der Waals surface area contributed by atoms with E-state index in [9.17, 15) is 19.5 Å². The van der Waals surface area contributed by atoms with Gasteiger partial charge in [0.15, 0.2) is 0 Å². The summed E-state index contributed by atoms with van der Waals surface area (Å²) in [6.07, 6.45) is -0.198. The predicted octanol–water partition coefficient (Wildman–Crippen LogP) is 1.07. The maximum atomic E-state index is 12.6. The number of nitrogens with zero attached hydrogens (tertiary/aromatic N) is 3. The molecule has 164 valence electrons. The second kappa shape index (κ2) is 7.70. The molecule has 0 radical (unpaired) electrons. The van der Waals surface area contributed by atoms with E-state index in [1.54, 1.807) is 15.5 Å². The maximum Gasteiger partial charge on any atom is 0.404 e. The number of rotatable bonds is 4. The second-order valence-corrected chi connectivity index (χ2v) is 9.51. The summed E-state index contributed by atoms with van der Waals surface area (Å²) in [6, 6.07) is 2.96. The Labute approximate surface area is 175 Å². The van der Waals surface area contributed by atoms with Gasteiger partial charge >= 0.3 is 6.09 Å². The largest absolute Gasteiger partial charge is 0.465 e. The molecule has 9 nitrogen and oxygen atoms in total. The highest BCUT2D eigenvalue weighted by Gasteiger charge is 2.41. The summed E-state index contributed by atoms with van der Waals surface area (Å²) in [7, 11) is 0. The van der Waals surface area contributed by atoms with Crippen LogP contribution in [0.1, 0.15) is 38.8 Å². The van der Waals surface area contributed by atoms with Crippen LogP contribution in [0.15, 0.2) is 16.9 Å². The Morgan fingerprint density at radius 2 is 2.03 bits per heavy atom. The van der Waals surface area contributed by atoms with E-state index >= 15 is 0 Å². The number of hydrogen-bond donors (Lipinski definition) is 2. The van der Waals surface area contributed by atoms with Gasteiger partial charge in [0.2, 0.25) is 5.91 Å². The second-order valence-electron chi connectivity index (χ2n) is 9.51. The minimum atomic E-state index is -1.06. The molecule has 2 N–H and O–H groups in total. The molecule has 0 bridgehead atoms. The fourth-order valence-corrected chi connectivity index (χ4v) is 4.95. The lowest BCUT2D eigenvalue weighted by atomic mass is 9.82. The lowest BCUT2D eigenvalue weighted by Gasteiger charge is -2.42. The molecule has 0 spiro atoms. The summed E-state index contributed by atoms with van der Waals surface area (Å²) >= 11 is 0. The van der Waals surface area contributed by atoms with Crippen molar-refractivity contribution < 1.29 is 19.4 Å². The number of ether oxygens (including phenoxy) is 1. The topological polar surface area (TPSA) is 104 Å². The zero-order valence-electron chi connectivity index (χ0n) is 17.8. The zero-order valence-corrected chi connectivity index (χ0v) is 17.8. The number of aromatic nitrogens is 1. The summed E-state index contributed by atoms with van der Waals surface area (Å²) < 4.78 is 7.71. The van der Waals surface area contributed by atoms with Crippen LogP contribution in [0.2, 0.25) is 0 Å². The molecular weight excluding hydrogens is 388 g/mol. The Hall–Kier alpha value is -2.39. The van der Waals surface area contributed by atoms with Crippen LogP contribution in [0.5, 0.6) is 0 Å². The average molecular weight is 418 g/mol. The molecule has 1 saturated heterocycles. The molecule has 0 aliphatic carbocycles. The van der Waals surface area contributed by atoms with Gasteiger partial charge in [-0.3, -0.25) is 24.0 Å². The van der Waals surface area contributed by atoms with Crippen molar-refractivity contribution in [3.8, 4) is 0 Å². The SMILES string of the molecule is CC(C)(C)C(NC(=O)O)[C@@H]1CN(C[C@@H]2CN3C(=O)CCc4ccc(=O)n2c43)CCO1. The van der Waals surface area contributed by atoms with Crippen molar-refractivity contribution in [2.24, 2.45) is 5.41 Å². The van der Waals surface area contributed by atoms with Crippen LogP contribution in [0.3, 0.4) is 0 Å². The molecule has 0 saturated carbocycles. The van der Waals surface area contributed by atoms with E-state index in [1.807, 2.05) is 26.8 Å². The zero-order chi connectivity index (χ0) is 21.6. The lowest BCUT2D eigenvalue weighted by molar-refractivity contribution is -0.118.